The lowest BCUT2D eigenvalue weighted by Crippen LogP contribution is -2.09. The summed E-state index contributed by atoms with van der Waals surface area (Å²) in [4.78, 5) is 28.8. The standard InChI is InChI=1S/C24H15ClFNO5/c1-30-21-12-14(9-10-20(21)31-23(28)17-7-2-3-8-18(17)25)11-19-24(29)32-22(27-19)15-5-4-6-16(26)13-15/h2-13H,1H3/b19-11-. The van der Waals surface area contributed by atoms with E-state index in [1.165, 1.54) is 37.5 Å². The molecule has 6 nitrogen and oxygen atoms in total. The first-order chi connectivity index (χ1) is 15.4. The van der Waals surface area contributed by atoms with Crippen molar-refractivity contribution in [3.63, 3.8) is 0 Å². The average Bonchev–Trinajstić information content (AvgIpc) is 3.15. The lowest BCUT2D eigenvalue weighted by molar-refractivity contribution is -0.129. The van der Waals surface area contributed by atoms with Crippen LogP contribution in [0.2, 0.25) is 5.02 Å². The van der Waals surface area contributed by atoms with Crippen LogP contribution in [0.1, 0.15) is 21.5 Å². The van der Waals surface area contributed by atoms with Crippen LogP contribution in [0.15, 0.2) is 77.4 Å². The Hall–Kier alpha value is -3.97. The van der Waals surface area contributed by atoms with Gasteiger partial charge in [0.1, 0.15) is 5.82 Å². The Morgan fingerprint density at radius 1 is 1.06 bits per heavy atom. The Balaban J connectivity index is 1.59. The van der Waals surface area contributed by atoms with Crippen LogP contribution in [0.4, 0.5) is 4.39 Å². The average molecular weight is 452 g/mol. The van der Waals surface area contributed by atoms with Crippen molar-refractivity contribution in [3.05, 3.63) is 100.0 Å². The molecule has 0 atom stereocenters. The summed E-state index contributed by atoms with van der Waals surface area (Å²) in [6.07, 6.45) is 1.48. The Labute approximate surface area is 187 Å². The molecule has 3 aromatic rings. The Morgan fingerprint density at radius 3 is 2.62 bits per heavy atom. The van der Waals surface area contributed by atoms with Crippen molar-refractivity contribution in [1.82, 2.24) is 0 Å². The van der Waals surface area contributed by atoms with Crippen LogP contribution in [-0.2, 0) is 9.53 Å². The van der Waals surface area contributed by atoms with Crippen molar-refractivity contribution in [2.24, 2.45) is 4.99 Å². The topological polar surface area (TPSA) is 74.2 Å². The number of aliphatic imine (C=N–C) groups is 1. The SMILES string of the molecule is COc1cc(/C=C2\N=C(c3cccc(F)c3)OC2=O)ccc1OC(=O)c1ccccc1Cl. The Bertz CT molecular complexity index is 1280. The zero-order valence-corrected chi connectivity index (χ0v) is 17.4. The van der Waals surface area contributed by atoms with Crippen LogP contribution in [0, 0.1) is 5.82 Å². The second-order valence-corrected chi connectivity index (χ2v) is 7.03. The normalized spacial score (nSPS) is 14.2. The maximum atomic E-state index is 13.4. The molecule has 4 rings (SSSR count). The molecule has 160 valence electrons. The second kappa shape index (κ2) is 9.03. The van der Waals surface area contributed by atoms with Gasteiger partial charge in [0.2, 0.25) is 5.90 Å². The molecule has 1 heterocycles. The maximum Gasteiger partial charge on any atom is 0.363 e. The zero-order valence-electron chi connectivity index (χ0n) is 16.7. The van der Waals surface area contributed by atoms with Crippen LogP contribution in [0.25, 0.3) is 6.08 Å². The fourth-order valence-electron chi connectivity index (χ4n) is 2.95. The highest BCUT2D eigenvalue weighted by Crippen LogP contribution is 2.31. The summed E-state index contributed by atoms with van der Waals surface area (Å²) in [5.74, 6) is -1.32. The van der Waals surface area contributed by atoms with Crippen molar-refractivity contribution < 1.29 is 28.2 Å². The summed E-state index contributed by atoms with van der Waals surface area (Å²) in [7, 11) is 1.42. The van der Waals surface area contributed by atoms with Crippen molar-refractivity contribution >= 4 is 35.5 Å². The molecule has 8 heteroatoms. The predicted molar refractivity (Wildman–Crippen MR) is 116 cm³/mol. The van der Waals surface area contributed by atoms with Crippen LogP contribution in [-0.4, -0.2) is 24.9 Å². The third-order valence-corrected chi connectivity index (χ3v) is 4.81. The monoisotopic (exact) mass is 451 g/mol. The van der Waals surface area contributed by atoms with Gasteiger partial charge >= 0.3 is 11.9 Å². The summed E-state index contributed by atoms with van der Waals surface area (Å²) in [5, 5.41) is 0.268. The summed E-state index contributed by atoms with van der Waals surface area (Å²) >= 11 is 6.04. The first-order valence-electron chi connectivity index (χ1n) is 9.38. The number of rotatable bonds is 5. The number of benzene rings is 3. The van der Waals surface area contributed by atoms with Crippen molar-refractivity contribution in [2.75, 3.05) is 7.11 Å². The maximum absolute atomic E-state index is 13.4. The number of hydrogen-bond donors (Lipinski definition) is 0. The molecular formula is C24H15ClFNO5. The molecule has 0 aromatic heterocycles. The van der Waals surface area contributed by atoms with E-state index in [1.807, 2.05) is 0 Å². The third kappa shape index (κ3) is 4.53. The largest absolute Gasteiger partial charge is 0.493 e. The number of ether oxygens (including phenoxy) is 3. The predicted octanol–water partition coefficient (Wildman–Crippen LogP) is 5.05. The summed E-state index contributed by atoms with van der Waals surface area (Å²) in [6, 6.07) is 16.8. The van der Waals surface area contributed by atoms with E-state index in [0.29, 0.717) is 11.1 Å². The first-order valence-corrected chi connectivity index (χ1v) is 9.75. The van der Waals surface area contributed by atoms with Crippen LogP contribution >= 0.6 is 11.6 Å². The van der Waals surface area contributed by atoms with Crippen molar-refractivity contribution in [1.29, 1.82) is 0 Å². The third-order valence-electron chi connectivity index (χ3n) is 4.48. The molecule has 0 spiro atoms. The van der Waals surface area contributed by atoms with Gasteiger partial charge in [-0.2, -0.15) is 0 Å². The van der Waals surface area contributed by atoms with E-state index in [4.69, 9.17) is 25.8 Å². The van der Waals surface area contributed by atoms with Crippen LogP contribution in [0.3, 0.4) is 0 Å². The van der Waals surface area contributed by atoms with Gasteiger partial charge in [0.15, 0.2) is 17.2 Å². The van der Waals surface area contributed by atoms with E-state index >= 15 is 0 Å². The van der Waals surface area contributed by atoms with E-state index < -0.39 is 17.8 Å². The molecule has 1 aliphatic rings. The smallest absolute Gasteiger partial charge is 0.363 e. The van der Waals surface area contributed by atoms with Gasteiger partial charge in [-0.15, -0.1) is 0 Å². The fourth-order valence-corrected chi connectivity index (χ4v) is 3.16. The zero-order chi connectivity index (χ0) is 22.7. The van der Waals surface area contributed by atoms with Gasteiger partial charge in [-0.3, -0.25) is 0 Å². The number of esters is 2. The molecule has 0 bridgehead atoms. The molecule has 0 saturated heterocycles. The fraction of sp³-hybridized carbons (Fsp3) is 0.0417. The highest BCUT2D eigenvalue weighted by atomic mass is 35.5. The Morgan fingerprint density at radius 2 is 1.88 bits per heavy atom. The van der Waals surface area contributed by atoms with Gasteiger partial charge in [-0.25, -0.2) is 19.0 Å². The highest BCUT2D eigenvalue weighted by molar-refractivity contribution is 6.33. The minimum Gasteiger partial charge on any atom is -0.493 e. The molecule has 0 unspecified atom stereocenters. The Kier molecular flexibility index (Phi) is 6.00. The molecule has 1 aliphatic heterocycles. The molecular weight excluding hydrogens is 437 g/mol. The second-order valence-electron chi connectivity index (χ2n) is 6.63. The van der Waals surface area contributed by atoms with Crippen molar-refractivity contribution in [2.45, 2.75) is 0 Å². The van der Waals surface area contributed by atoms with Gasteiger partial charge in [-0.05, 0) is 54.1 Å². The van der Waals surface area contributed by atoms with Crippen LogP contribution < -0.4 is 9.47 Å². The minimum atomic E-state index is -0.669. The number of cyclic esters (lactones) is 1. The molecule has 0 amide bonds. The number of carbonyl (C=O) groups is 2. The van der Waals surface area contributed by atoms with Gasteiger partial charge in [0.05, 0.1) is 17.7 Å². The van der Waals surface area contributed by atoms with E-state index in [2.05, 4.69) is 4.99 Å². The quantitative estimate of drug-likeness (QED) is 0.308. The number of methoxy groups -OCH3 is 1. The number of nitrogens with zero attached hydrogens (tertiary/aromatic N) is 1. The first kappa shape index (κ1) is 21.3. The van der Waals surface area contributed by atoms with Crippen molar-refractivity contribution in [3.8, 4) is 11.5 Å². The molecule has 0 aliphatic carbocycles. The molecule has 0 N–H and O–H groups in total. The van der Waals surface area contributed by atoms with Gasteiger partial charge in [0.25, 0.3) is 0 Å². The van der Waals surface area contributed by atoms with Gasteiger partial charge in [0, 0.05) is 5.56 Å². The molecule has 32 heavy (non-hydrogen) atoms. The molecule has 0 fully saturated rings. The van der Waals surface area contributed by atoms with E-state index in [-0.39, 0.29) is 33.7 Å². The highest BCUT2D eigenvalue weighted by Gasteiger charge is 2.24. The van der Waals surface area contributed by atoms with E-state index in [0.717, 1.165) is 0 Å². The summed E-state index contributed by atoms with van der Waals surface area (Å²) in [6.45, 7) is 0. The van der Waals surface area contributed by atoms with Crippen LogP contribution in [0.5, 0.6) is 11.5 Å². The lowest BCUT2D eigenvalue weighted by Gasteiger charge is -2.10. The summed E-state index contributed by atoms with van der Waals surface area (Å²) < 4.78 is 29.3. The summed E-state index contributed by atoms with van der Waals surface area (Å²) in [5.41, 5.74) is 1.15. The molecule has 0 radical (unpaired) electrons. The van der Waals surface area contributed by atoms with Gasteiger partial charge in [-0.1, -0.05) is 35.9 Å². The van der Waals surface area contributed by atoms with Gasteiger partial charge < -0.3 is 14.2 Å². The van der Waals surface area contributed by atoms with E-state index in [9.17, 15) is 14.0 Å². The van der Waals surface area contributed by atoms with E-state index in [1.54, 1.807) is 42.5 Å². The minimum absolute atomic E-state index is 0.0120. The number of halogens is 2. The number of hydrogen-bond acceptors (Lipinski definition) is 6. The lowest BCUT2D eigenvalue weighted by atomic mass is 10.1. The number of carbonyl (C=O) groups excluding carboxylic acids is 2. The molecule has 0 saturated carbocycles. The molecule has 3 aromatic carbocycles.